The number of hydrogen-bond donors (Lipinski definition) is 1. The summed E-state index contributed by atoms with van der Waals surface area (Å²) in [5.74, 6) is 0.972. The highest BCUT2D eigenvalue weighted by Gasteiger charge is 2.29. The summed E-state index contributed by atoms with van der Waals surface area (Å²) >= 11 is 8.91. The van der Waals surface area contributed by atoms with E-state index in [0.29, 0.717) is 16.5 Å². The van der Waals surface area contributed by atoms with Crippen LogP contribution in [0.25, 0.3) is 10.6 Å². The highest BCUT2D eigenvalue weighted by molar-refractivity contribution is 7.98. The van der Waals surface area contributed by atoms with Crippen LogP contribution in [0.15, 0.2) is 47.4 Å². The van der Waals surface area contributed by atoms with Gasteiger partial charge in [-0.2, -0.15) is 4.37 Å². The van der Waals surface area contributed by atoms with Crippen LogP contribution in [0, 0.1) is 6.92 Å². The van der Waals surface area contributed by atoms with E-state index in [9.17, 15) is 9.90 Å². The van der Waals surface area contributed by atoms with Crippen molar-refractivity contribution in [3.63, 3.8) is 0 Å². The number of ether oxygens (including phenoxy) is 1. The van der Waals surface area contributed by atoms with Gasteiger partial charge in [-0.1, -0.05) is 23.7 Å². The van der Waals surface area contributed by atoms with E-state index >= 15 is 0 Å². The van der Waals surface area contributed by atoms with E-state index in [1.165, 1.54) is 25.4 Å². The van der Waals surface area contributed by atoms with Gasteiger partial charge in [0.05, 0.1) is 5.75 Å². The zero-order valence-electron chi connectivity index (χ0n) is 15.6. The summed E-state index contributed by atoms with van der Waals surface area (Å²) in [6.45, 7) is 4.96. The minimum Gasteiger partial charge on any atom is -0.478 e. The first-order valence-electron chi connectivity index (χ1n) is 8.49. The number of hydrogen-bond acceptors (Lipinski definition) is 6. The van der Waals surface area contributed by atoms with Crippen molar-refractivity contribution in [2.24, 2.45) is 0 Å². The van der Waals surface area contributed by atoms with Crippen LogP contribution in [0.2, 0.25) is 5.02 Å². The van der Waals surface area contributed by atoms with Crippen molar-refractivity contribution < 1.29 is 14.6 Å². The highest BCUT2D eigenvalue weighted by Crippen LogP contribution is 2.30. The van der Waals surface area contributed by atoms with Gasteiger partial charge in [-0.05, 0) is 68.2 Å². The Labute approximate surface area is 176 Å². The van der Waals surface area contributed by atoms with E-state index in [2.05, 4.69) is 9.36 Å². The van der Waals surface area contributed by atoms with E-state index in [1.807, 2.05) is 43.3 Å². The van der Waals surface area contributed by atoms with Crippen LogP contribution >= 0.6 is 34.9 Å². The summed E-state index contributed by atoms with van der Waals surface area (Å²) in [6, 6.07) is 13.2. The van der Waals surface area contributed by atoms with Crippen molar-refractivity contribution in [3.8, 4) is 16.3 Å². The minimum atomic E-state index is -1.28. The summed E-state index contributed by atoms with van der Waals surface area (Å²) in [5.41, 5.74) is 0.603. The third-order valence-electron chi connectivity index (χ3n) is 3.95. The molecule has 1 N–H and O–H groups in total. The van der Waals surface area contributed by atoms with E-state index in [0.717, 1.165) is 26.9 Å². The first kappa shape index (κ1) is 20.6. The largest absolute Gasteiger partial charge is 0.478 e. The van der Waals surface area contributed by atoms with Gasteiger partial charge < -0.3 is 9.84 Å². The Balaban J connectivity index is 1.64. The number of aryl methyl sites for hydroxylation is 1. The van der Waals surface area contributed by atoms with Crippen molar-refractivity contribution in [2.45, 2.75) is 37.0 Å². The zero-order valence-corrected chi connectivity index (χ0v) is 18.0. The molecule has 0 aliphatic carbocycles. The number of carboxylic acids is 1. The Morgan fingerprint density at radius 2 is 1.96 bits per heavy atom. The lowest BCUT2D eigenvalue weighted by molar-refractivity contribution is -0.152. The molecule has 0 aliphatic heterocycles. The van der Waals surface area contributed by atoms with E-state index in [-0.39, 0.29) is 0 Å². The van der Waals surface area contributed by atoms with Crippen molar-refractivity contribution in [1.82, 2.24) is 9.36 Å². The predicted molar refractivity (Wildman–Crippen MR) is 113 cm³/mol. The molecule has 0 spiro atoms. The second-order valence-corrected chi connectivity index (χ2v) is 8.89. The molecule has 1 aromatic heterocycles. The number of rotatable bonds is 7. The number of nitrogens with zero attached hydrogens (tertiary/aromatic N) is 2. The summed E-state index contributed by atoms with van der Waals surface area (Å²) in [5, 5.41) is 10.8. The van der Waals surface area contributed by atoms with Gasteiger partial charge >= 0.3 is 5.97 Å². The summed E-state index contributed by atoms with van der Waals surface area (Å²) in [4.78, 5) is 16.9. The standard InChI is InChI=1S/C20H19ClN2O3S2/c1-12-10-15(8-9-16(12)26-20(2,3)19(24)25)27-11-17-22-18(28-23-17)13-4-6-14(21)7-5-13/h4-10H,11H2,1-3H3,(H,24,25). The second kappa shape index (κ2) is 8.51. The molecule has 0 saturated carbocycles. The summed E-state index contributed by atoms with van der Waals surface area (Å²) in [6.07, 6.45) is 0. The molecule has 0 bridgehead atoms. The molecule has 0 radical (unpaired) electrons. The molecule has 28 heavy (non-hydrogen) atoms. The normalized spacial score (nSPS) is 11.4. The van der Waals surface area contributed by atoms with Gasteiger partial charge in [-0.25, -0.2) is 9.78 Å². The lowest BCUT2D eigenvalue weighted by Crippen LogP contribution is -2.38. The van der Waals surface area contributed by atoms with Crippen LogP contribution in [0.4, 0.5) is 0 Å². The molecule has 0 fully saturated rings. The quantitative estimate of drug-likeness (QED) is 0.481. The Kier molecular flexibility index (Phi) is 6.27. The molecular formula is C20H19ClN2O3S2. The molecule has 0 amide bonds. The first-order chi connectivity index (χ1) is 13.2. The number of thioether (sulfide) groups is 1. The smallest absolute Gasteiger partial charge is 0.347 e. The fourth-order valence-corrected chi connectivity index (χ4v) is 4.06. The third-order valence-corrected chi connectivity index (χ3v) is 6.00. The lowest BCUT2D eigenvalue weighted by Gasteiger charge is -2.22. The fraction of sp³-hybridized carbons (Fsp3) is 0.250. The van der Waals surface area contributed by atoms with Gasteiger partial charge in [-0.3, -0.25) is 0 Å². The van der Waals surface area contributed by atoms with E-state index < -0.39 is 11.6 Å². The summed E-state index contributed by atoms with van der Waals surface area (Å²) < 4.78 is 10.1. The number of benzene rings is 2. The zero-order chi connectivity index (χ0) is 20.3. The molecule has 0 saturated heterocycles. The lowest BCUT2D eigenvalue weighted by atomic mass is 10.1. The second-order valence-electron chi connectivity index (χ2n) is 6.66. The molecule has 3 aromatic rings. The van der Waals surface area contributed by atoms with Crippen molar-refractivity contribution in [3.05, 3.63) is 58.9 Å². The van der Waals surface area contributed by atoms with Crippen LogP contribution in [-0.4, -0.2) is 26.0 Å². The molecule has 0 unspecified atom stereocenters. The number of aromatic nitrogens is 2. The maximum atomic E-state index is 11.2. The molecule has 5 nitrogen and oxygen atoms in total. The molecule has 8 heteroatoms. The van der Waals surface area contributed by atoms with Crippen molar-refractivity contribution in [2.75, 3.05) is 0 Å². The number of carboxylic acid groups (broad SMARTS) is 1. The van der Waals surface area contributed by atoms with Crippen LogP contribution in [-0.2, 0) is 10.5 Å². The monoisotopic (exact) mass is 434 g/mol. The van der Waals surface area contributed by atoms with Gasteiger partial charge in [-0.15, -0.1) is 11.8 Å². The average molecular weight is 435 g/mol. The predicted octanol–water partition coefficient (Wildman–Crippen LogP) is 5.70. The van der Waals surface area contributed by atoms with E-state index in [1.54, 1.807) is 17.8 Å². The number of halogens is 1. The van der Waals surface area contributed by atoms with Gasteiger partial charge in [0.1, 0.15) is 10.8 Å². The van der Waals surface area contributed by atoms with Gasteiger partial charge in [0.25, 0.3) is 0 Å². The Morgan fingerprint density at radius 3 is 2.61 bits per heavy atom. The van der Waals surface area contributed by atoms with Gasteiger partial charge in [0.2, 0.25) is 0 Å². The Hall–Kier alpha value is -2.09. The molecule has 0 aliphatic rings. The molecule has 2 aromatic carbocycles. The van der Waals surface area contributed by atoms with Crippen molar-refractivity contribution in [1.29, 1.82) is 0 Å². The molecule has 0 atom stereocenters. The topological polar surface area (TPSA) is 72.3 Å². The summed E-state index contributed by atoms with van der Waals surface area (Å²) in [7, 11) is 0. The fourth-order valence-electron chi connectivity index (χ4n) is 2.31. The van der Waals surface area contributed by atoms with Crippen LogP contribution in [0.1, 0.15) is 25.2 Å². The SMILES string of the molecule is Cc1cc(SCc2nsc(-c3ccc(Cl)cc3)n2)ccc1OC(C)(C)C(=O)O. The van der Waals surface area contributed by atoms with E-state index in [4.69, 9.17) is 16.3 Å². The van der Waals surface area contributed by atoms with Gasteiger partial charge in [0.15, 0.2) is 11.4 Å². The van der Waals surface area contributed by atoms with Crippen LogP contribution in [0.5, 0.6) is 5.75 Å². The first-order valence-corrected chi connectivity index (χ1v) is 10.6. The Bertz CT molecular complexity index is 987. The molecule has 3 rings (SSSR count). The minimum absolute atomic E-state index is 0.563. The molecule has 146 valence electrons. The highest BCUT2D eigenvalue weighted by atomic mass is 35.5. The molecule has 1 heterocycles. The maximum absolute atomic E-state index is 11.2. The number of carbonyl (C=O) groups is 1. The van der Waals surface area contributed by atoms with Crippen molar-refractivity contribution >= 4 is 40.9 Å². The van der Waals surface area contributed by atoms with Gasteiger partial charge in [0, 0.05) is 15.5 Å². The Morgan fingerprint density at radius 1 is 1.25 bits per heavy atom. The number of aliphatic carboxylic acids is 1. The molecular weight excluding hydrogens is 416 g/mol. The maximum Gasteiger partial charge on any atom is 0.347 e. The average Bonchev–Trinajstić information content (AvgIpc) is 3.11. The third kappa shape index (κ3) is 5.04. The van der Waals surface area contributed by atoms with Crippen LogP contribution < -0.4 is 4.74 Å². The van der Waals surface area contributed by atoms with Crippen LogP contribution in [0.3, 0.4) is 0 Å².